The minimum absolute atomic E-state index is 0.0255. The molecule has 10 heteroatoms. The molecule has 2 saturated heterocycles. The Balaban J connectivity index is 1.75. The van der Waals surface area contributed by atoms with Crippen molar-refractivity contribution in [3.8, 4) is 23.0 Å². The second-order valence-corrected chi connectivity index (χ2v) is 8.80. The number of aliphatic hydroxyl groups is 1. The predicted molar refractivity (Wildman–Crippen MR) is 135 cm³/mol. The van der Waals surface area contributed by atoms with Crippen molar-refractivity contribution < 1.29 is 38.7 Å². The van der Waals surface area contributed by atoms with E-state index in [2.05, 4.69) is 4.90 Å². The van der Waals surface area contributed by atoms with Gasteiger partial charge in [0, 0.05) is 32.2 Å². The number of ether oxygens (including phenoxy) is 4. The van der Waals surface area contributed by atoms with Crippen molar-refractivity contribution in [3.05, 3.63) is 53.1 Å². The van der Waals surface area contributed by atoms with Gasteiger partial charge in [0.25, 0.3) is 11.7 Å². The summed E-state index contributed by atoms with van der Waals surface area (Å²) < 4.78 is 21.3. The fourth-order valence-electron chi connectivity index (χ4n) is 4.75. The Kier molecular flexibility index (Phi) is 8.20. The minimum atomic E-state index is -0.883. The van der Waals surface area contributed by atoms with Gasteiger partial charge in [0.1, 0.15) is 17.3 Å². The fraction of sp³-hybridized carbons (Fsp3) is 0.407. The highest BCUT2D eigenvalue weighted by atomic mass is 16.5. The Morgan fingerprint density at radius 1 is 0.973 bits per heavy atom. The monoisotopic (exact) mass is 512 g/mol. The van der Waals surface area contributed by atoms with Gasteiger partial charge in [0.15, 0.2) is 11.5 Å². The molecule has 1 atom stereocenters. The maximum atomic E-state index is 13.3. The topological polar surface area (TPSA) is 118 Å². The fourth-order valence-corrected chi connectivity index (χ4v) is 4.75. The quantitative estimate of drug-likeness (QED) is 0.297. The first-order valence-corrected chi connectivity index (χ1v) is 12.1. The molecule has 2 fully saturated rings. The van der Waals surface area contributed by atoms with Crippen LogP contribution in [-0.2, 0) is 14.3 Å². The number of ketones is 1. The summed E-state index contributed by atoms with van der Waals surface area (Å²) in [5, 5.41) is 21.8. The van der Waals surface area contributed by atoms with E-state index < -0.39 is 23.5 Å². The summed E-state index contributed by atoms with van der Waals surface area (Å²) >= 11 is 0. The molecule has 0 bridgehead atoms. The number of methoxy groups -OCH3 is 3. The number of nitrogens with zero attached hydrogens (tertiary/aromatic N) is 2. The Bertz CT molecular complexity index is 1190. The maximum Gasteiger partial charge on any atom is 0.295 e. The highest BCUT2D eigenvalue weighted by molar-refractivity contribution is 6.46. The zero-order valence-electron chi connectivity index (χ0n) is 21.2. The van der Waals surface area contributed by atoms with Gasteiger partial charge in [0.05, 0.1) is 51.7 Å². The summed E-state index contributed by atoms with van der Waals surface area (Å²) in [5.41, 5.74) is 0.486. The Morgan fingerprint density at radius 3 is 2.35 bits per heavy atom. The number of Topliss-reactive ketones (excluding diaryl/α,β-unsaturated/α-hetero) is 1. The molecule has 0 aliphatic carbocycles. The minimum Gasteiger partial charge on any atom is -0.507 e. The number of aromatic hydroxyl groups is 1. The number of morpholine rings is 1. The van der Waals surface area contributed by atoms with E-state index >= 15 is 0 Å². The molecule has 4 rings (SSSR count). The summed E-state index contributed by atoms with van der Waals surface area (Å²) in [5.74, 6) is -0.978. The second-order valence-electron chi connectivity index (χ2n) is 8.80. The molecular formula is C27H32N2O8. The number of carbonyl (C=O) groups excluding carboxylic acids is 2. The first-order chi connectivity index (χ1) is 17.9. The molecule has 198 valence electrons. The molecule has 0 spiro atoms. The first kappa shape index (κ1) is 26.3. The van der Waals surface area contributed by atoms with E-state index in [-0.39, 0.29) is 16.9 Å². The summed E-state index contributed by atoms with van der Waals surface area (Å²) in [6, 6.07) is 8.55. The average molecular weight is 513 g/mol. The van der Waals surface area contributed by atoms with E-state index in [1.807, 2.05) is 0 Å². The standard InChI is InChI=1S/C27H32N2O8/c1-34-18-6-7-19(20(30)16-18)25(31)23-24(17-5-8-21(35-2)22(15-17)36-3)29(27(33)26(23)32)10-4-9-28-11-13-37-14-12-28/h5-8,15-16,24,30-31H,4,9-14H2,1-3H3/b25-23+. The van der Waals surface area contributed by atoms with Gasteiger partial charge in [-0.05, 0) is 36.2 Å². The van der Waals surface area contributed by atoms with Crippen molar-refractivity contribution in [1.29, 1.82) is 0 Å². The van der Waals surface area contributed by atoms with Crippen molar-refractivity contribution >= 4 is 17.4 Å². The number of carbonyl (C=O) groups is 2. The summed E-state index contributed by atoms with van der Waals surface area (Å²) in [6.07, 6.45) is 0.630. The van der Waals surface area contributed by atoms with E-state index in [1.165, 1.54) is 38.4 Å². The van der Waals surface area contributed by atoms with Crippen LogP contribution in [0.3, 0.4) is 0 Å². The summed E-state index contributed by atoms with van der Waals surface area (Å²) in [6.45, 7) is 4.00. The zero-order valence-corrected chi connectivity index (χ0v) is 21.2. The van der Waals surface area contributed by atoms with E-state index in [0.717, 1.165) is 19.6 Å². The van der Waals surface area contributed by atoms with E-state index in [0.29, 0.717) is 49.0 Å². The molecule has 0 radical (unpaired) electrons. The predicted octanol–water partition coefficient (Wildman–Crippen LogP) is 2.56. The molecule has 1 unspecified atom stereocenters. The summed E-state index contributed by atoms with van der Waals surface area (Å²) in [7, 11) is 4.46. The molecule has 0 saturated carbocycles. The van der Waals surface area contributed by atoms with Gasteiger partial charge in [-0.25, -0.2) is 0 Å². The van der Waals surface area contributed by atoms with Crippen molar-refractivity contribution in [1.82, 2.24) is 9.80 Å². The number of aliphatic hydroxyl groups excluding tert-OH is 1. The first-order valence-electron chi connectivity index (χ1n) is 12.1. The molecular weight excluding hydrogens is 480 g/mol. The molecule has 2 heterocycles. The number of phenolic OH excluding ortho intramolecular Hbond substituents is 1. The molecule has 2 aromatic rings. The lowest BCUT2D eigenvalue weighted by Gasteiger charge is -2.29. The van der Waals surface area contributed by atoms with Gasteiger partial charge in [-0.1, -0.05) is 6.07 Å². The number of likely N-dealkylation sites (tertiary alicyclic amines) is 1. The van der Waals surface area contributed by atoms with Crippen LogP contribution in [0, 0.1) is 0 Å². The van der Waals surface area contributed by atoms with Gasteiger partial charge in [-0.3, -0.25) is 14.5 Å². The van der Waals surface area contributed by atoms with Crippen LogP contribution in [0.2, 0.25) is 0 Å². The molecule has 2 N–H and O–H groups in total. The number of rotatable bonds is 9. The van der Waals surface area contributed by atoms with Crippen LogP contribution < -0.4 is 14.2 Å². The van der Waals surface area contributed by atoms with Crippen LogP contribution >= 0.6 is 0 Å². The van der Waals surface area contributed by atoms with E-state index in [9.17, 15) is 19.8 Å². The molecule has 1 amide bonds. The van der Waals surface area contributed by atoms with Crippen LogP contribution in [0.1, 0.15) is 23.6 Å². The van der Waals surface area contributed by atoms with Crippen LogP contribution in [0.5, 0.6) is 23.0 Å². The number of benzene rings is 2. The average Bonchev–Trinajstić information content (AvgIpc) is 3.17. The molecule has 0 aromatic heterocycles. The van der Waals surface area contributed by atoms with Crippen molar-refractivity contribution in [2.45, 2.75) is 12.5 Å². The maximum absolute atomic E-state index is 13.3. The van der Waals surface area contributed by atoms with Crippen LogP contribution in [-0.4, -0.2) is 92.4 Å². The normalized spacial score (nSPS) is 19.8. The van der Waals surface area contributed by atoms with Crippen molar-refractivity contribution in [3.63, 3.8) is 0 Å². The number of phenols is 1. The lowest BCUT2D eigenvalue weighted by Crippen LogP contribution is -2.38. The second kappa shape index (κ2) is 11.5. The lowest BCUT2D eigenvalue weighted by molar-refractivity contribution is -0.140. The van der Waals surface area contributed by atoms with Gasteiger partial charge in [-0.15, -0.1) is 0 Å². The molecule has 2 aromatic carbocycles. The van der Waals surface area contributed by atoms with Crippen molar-refractivity contribution in [2.24, 2.45) is 0 Å². The molecule has 10 nitrogen and oxygen atoms in total. The van der Waals surface area contributed by atoms with Gasteiger partial charge in [-0.2, -0.15) is 0 Å². The van der Waals surface area contributed by atoms with Gasteiger partial charge >= 0.3 is 0 Å². The Hall–Kier alpha value is -3.76. The summed E-state index contributed by atoms with van der Waals surface area (Å²) in [4.78, 5) is 30.3. The third kappa shape index (κ3) is 5.35. The van der Waals surface area contributed by atoms with Crippen LogP contribution in [0.4, 0.5) is 0 Å². The third-order valence-corrected chi connectivity index (χ3v) is 6.70. The lowest BCUT2D eigenvalue weighted by atomic mass is 9.94. The highest BCUT2D eigenvalue weighted by Gasteiger charge is 2.46. The molecule has 37 heavy (non-hydrogen) atoms. The van der Waals surface area contributed by atoms with Crippen molar-refractivity contribution in [2.75, 3.05) is 60.7 Å². The highest BCUT2D eigenvalue weighted by Crippen LogP contribution is 2.43. The molecule has 2 aliphatic heterocycles. The van der Waals surface area contributed by atoms with E-state index in [4.69, 9.17) is 18.9 Å². The Morgan fingerprint density at radius 2 is 1.70 bits per heavy atom. The van der Waals surface area contributed by atoms with Crippen LogP contribution in [0.15, 0.2) is 42.0 Å². The molecule has 2 aliphatic rings. The van der Waals surface area contributed by atoms with Gasteiger partial charge < -0.3 is 34.1 Å². The SMILES string of the molecule is COc1ccc(/C(O)=C2\C(=O)C(=O)N(CCCN3CCOCC3)C2c2ccc(OC)c(OC)c2)c(O)c1. The van der Waals surface area contributed by atoms with Crippen LogP contribution in [0.25, 0.3) is 5.76 Å². The zero-order chi connectivity index (χ0) is 26.5. The third-order valence-electron chi connectivity index (χ3n) is 6.70. The smallest absolute Gasteiger partial charge is 0.295 e. The van der Waals surface area contributed by atoms with E-state index in [1.54, 1.807) is 24.3 Å². The number of hydrogen-bond donors (Lipinski definition) is 2. The Labute approximate surface area is 215 Å². The largest absolute Gasteiger partial charge is 0.507 e. The number of hydrogen-bond acceptors (Lipinski definition) is 9. The van der Waals surface area contributed by atoms with Gasteiger partial charge in [0.2, 0.25) is 0 Å². The number of amides is 1.